The number of ether oxygens (including phenoxy) is 1. The quantitative estimate of drug-likeness (QED) is 0.632. The number of nitrogens with zero attached hydrogens (tertiary/aromatic N) is 2. The molecule has 0 saturated carbocycles. The summed E-state index contributed by atoms with van der Waals surface area (Å²) in [5.41, 5.74) is 0. The molecule has 88 valence electrons. The first-order chi connectivity index (χ1) is 8.19. The molecule has 0 N–H and O–H groups in total. The van der Waals surface area contributed by atoms with E-state index in [1.54, 1.807) is 7.11 Å². The number of benzene rings is 1. The maximum Gasteiger partial charge on any atom is 0.223 e. The standard InChI is InChI=1S/C11H8Cl2N2OS/c1-16-7-3-2-4-8(5-7)17-10-9(12)6-14-11(13)15-10/h2-6H,1H3. The van der Waals surface area contributed by atoms with Crippen LogP contribution in [0, 0.1) is 0 Å². The normalized spacial score (nSPS) is 10.3. The zero-order valence-electron chi connectivity index (χ0n) is 8.85. The first kappa shape index (κ1) is 12.5. The van der Waals surface area contributed by atoms with Gasteiger partial charge in [0.05, 0.1) is 18.3 Å². The second-order valence-corrected chi connectivity index (χ2v) is 4.88. The van der Waals surface area contributed by atoms with Crippen molar-refractivity contribution in [2.24, 2.45) is 0 Å². The van der Waals surface area contributed by atoms with Crippen LogP contribution in [0.25, 0.3) is 0 Å². The van der Waals surface area contributed by atoms with Crippen molar-refractivity contribution in [2.45, 2.75) is 9.92 Å². The highest BCUT2D eigenvalue weighted by atomic mass is 35.5. The molecular weight excluding hydrogens is 279 g/mol. The van der Waals surface area contributed by atoms with Crippen molar-refractivity contribution in [1.82, 2.24) is 9.97 Å². The highest BCUT2D eigenvalue weighted by molar-refractivity contribution is 7.99. The summed E-state index contributed by atoms with van der Waals surface area (Å²) in [7, 11) is 1.62. The van der Waals surface area contributed by atoms with E-state index in [2.05, 4.69) is 9.97 Å². The van der Waals surface area contributed by atoms with E-state index >= 15 is 0 Å². The minimum atomic E-state index is 0.180. The molecular formula is C11H8Cl2N2OS. The largest absolute Gasteiger partial charge is 0.497 e. The summed E-state index contributed by atoms with van der Waals surface area (Å²) in [5.74, 6) is 0.784. The number of rotatable bonds is 3. The maximum absolute atomic E-state index is 5.98. The number of aromatic nitrogens is 2. The smallest absolute Gasteiger partial charge is 0.223 e. The van der Waals surface area contributed by atoms with Gasteiger partial charge in [0.1, 0.15) is 10.8 Å². The average molecular weight is 287 g/mol. The van der Waals surface area contributed by atoms with E-state index in [1.807, 2.05) is 24.3 Å². The summed E-state index contributed by atoms with van der Waals surface area (Å²) in [5, 5.41) is 1.28. The summed E-state index contributed by atoms with van der Waals surface area (Å²) in [6.45, 7) is 0. The van der Waals surface area contributed by atoms with Crippen LogP contribution in [0.1, 0.15) is 0 Å². The van der Waals surface area contributed by atoms with Crippen LogP contribution >= 0.6 is 35.0 Å². The lowest BCUT2D eigenvalue weighted by Gasteiger charge is -2.05. The number of halogens is 2. The lowest BCUT2D eigenvalue weighted by atomic mass is 10.3. The van der Waals surface area contributed by atoms with Crippen LogP contribution in [0.5, 0.6) is 5.75 Å². The van der Waals surface area contributed by atoms with Crippen molar-refractivity contribution in [3.63, 3.8) is 0 Å². The van der Waals surface area contributed by atoms with E-state index in [1.165, 1.54) is 18.0 Å². The summed E-state index contributed by atoms with van der Waals surface area (Å²) < 4.78 is 5.14. The molecule has 2 aromatic rings. The lowest BCUT2D eigenvalue weighted by molar-refractivity contribution is 0.413. The van der Waals surface area contributed by atoms with Crippen molar-refractivity contribution in [3.8, 4) is 5.75 Å². The van der Waals surface area contributed by atoms with Crippen LogP contribution in [0.3, 0.4) is 0 Å². The van der Waals surface area contributed by atoms with E-state index in [0.717, 1.165) is 10.6 Å². The average Bonchev–Trinajstić information content (AvgIpc) is 2.34. The zero-order valence-corrected chi connectivity index (χ0v) is 11.2. The van der Waals surface area contributed by atoms with E-state index in [4.69, 9.17) is 27.9 Å². The van der Waals surface area contributed by atoms with Crippen molar-refractivity contribution in [3.05, 3.63) is 40.8 Å². The zero-order chi connectivity index (χ0) is 12.3. The molecule has 0 spiro atoms. The van der Waals surface area contributed by atoms with Gasteiger partial charge in [-0.25, -0.2) is 9.97 Å². The van der Waals surface area contributed by atoms with Gasteiger partial charge in [0.2, 0.25) is 5.28 Å². The van der Waals surface area contributed by atoms with Crippen LogP contribution in [0.4, 0.5) is 0 Å². The molecule has 1 aromatic heterocycles. The van der Waals surface area contributed by atoms with E-state index < -0.39 is 0 Å². The molecule has 0 aliphatic carbocycles. The van der Waals surface area contributed by atoms with E-state index in [0.29, 0.717) is 10.0 Å². The van der Waals surface area contributed by atoms with Gasteiger partial charge in [-0.15, -0.1) is 0 Å². The minimum Gasteiger partial charge on any atom is -0.497 e. The van der Waals surface area contributed by atoms with E-state index in [9.17, 15) is 0 Å². The van der Waals surface area contributed by atoms with Gasteiger partial charge in [0.25, 0.3) is 0 Å². The van der Waals surface area contributed by atoms with Gasteiger partial charge < -0.3 is 4.74 Å². The first-order valence-electron chi connectivity index (χ1n) is 4.69. The van der Waals surface area contributed by atoms with Crippen molar-refractivity contribution < 1.29 is 4.74 Å². The van der Waals surface area contributed by atoms with E-state index in [-0.39, 0.29) is 5.28 Å². The molecule has 0 atom stereocenters. The molecule has 0 unspecified atom stereocenters. The van der Waals surface area contributed by atoms with Crippen LogP contribution in [0.2, 0.25) is 10.3 Å². The Morgan fingerprint density at radius 2 is 2.12 bits per heavy atom. The molecule has 3 nitrogen and oxygen atoms in total. The van der Waals surface area contributed by atoms with Crippen LogP contribution in [-0.4, -0.2) is 17.1 Å². The Balaban J connectivity index is 2.27. The molecule has 0 saturated heterocycles. The third kappa shape index (κ3) is 3.25. The Labute approximate surface area is 113 Å². The number of methoxy groups -OCH3 is 1. The molecule has 1 heterocycles. The molecule has 0 amide bonds. The maximum atomic E-state index is 5.98. The fourth-order valence-corrected chi connectivity index (χ4v) is 2.40. The molecule has 6 heteroatoms. The Bertz CT molecular complexity index is 537. The molecule has 0 fully saturated rings. The lowest BCUT2D eigenvalue weighted by Crippen LogP contribution is -1.87. The van der Waals surface area contributed by atoms with Crippen molar-refractivity contribution in [1.29, 1.82) is 0 Å². The third-order valence-electron chi connectivity index (χ3n) is 1.94. The molecule has 0 radical (unpaired) electrons. The fraction of sp³-hybridized carbons (Fsp3) is 0.0909. The van der Waals surface area contributed by atoms with Crippen molar-refractivity contribution >= 4 is 35.0 Å². The number of hydrogen-bond acceptors (Lipinski definition) is 4. The monoisotopic (exact) mass is 286 g/mol. The minimum absolute atomic E-state index is 0.180. The second-order valence-electron chi connectivity index (χ2n) is 3.07. The van der Waals surface area contributed by atoms with Crippen LogP contribution in [-0.2, 0) is 0 Å². The molecule has 2 rings (SSSR count). The second kappa shape index (κ2) is 5.58. The van der Waals surface area contributed by atoms with Gasteiger partial charge in [-0.05, 0) is 29.8 Å². The Morgan fingerprint density at radius 3 is 2.88 bits per heavy atom. The van der Waals surface area contributed by atoms with Gasteiger partial charge >= 0.3 is 0 Å². The predicted molar refractivity (Wildman–Crippen MR) is 69.2 cm³/mol. The van der Waals surface area contributed by atoms with Crippen LogP contribution in [0.15, 0.2) is 40.4 Å². The Kier molecular flexibility index (Phi) is 4.10. The topological polar surface area (TPSA) is 35.0 Å². The van der Waals surface area contributed by atoms with Gasteiger partial charge in [-0.3, -0.25) is 0 Å². The molecule has 17 heavy (non-hydrogen) atoms. The van der Waals surface area contributed by atoms with Gasteiger partial charge in [-0.2, -0.15) is 0 Å². The predicted octanol–water partition coefficient (Wildman–Crippen LogP) is 3.94. The fourth-order valence-electron chi connectivity index (χ4n) is 1.18. The first-order valence-corrected chi connectivity index (χ1v) is 6.26. The summed E-state index contributed by atoms with van der Waals surface area (Å²) in [6, 6.07) is 7.62. The summed E-state index contributed by atoms with van der Waals surface area (Å²) in [6.07, 6.45) is 1.49. The molecule has 0 aliphatic rings. The molecule has 1 aromatic carbocycles. The molecule has 0 aliphatic heterocycles. The Hall–Kier alpha value is -0.970. The van der Waals surface area contributed by atoms with Crippen LogP contribution < -0.4 is 4.74 Å². The third-order valence-corrected chi connectivity index (χ3v) is 3.50. The highest BCUT2D eigenvalue weighted by Gasteiger charge is 2.07. The number of hydrogen-bond donors (Lipinski definition) is 0. The van der Waals surface area contributed by atoms with Gasteiger partial charge in [0, 0.05) is 4.90 Å². The van der Waals surface area contributed by atoms with Crippen molar-refractivity contribution in [2.75, 3.05) is 7.11 Å². The highest BCUT2D eigenvalue weighted by Crippen LogP contribution is 2.33. The van der Waals surface area contributed by atoms with Gasteiger partial charge in [0.15, 0.2) is 0 Å². The molecule has 0 bridgehead atoms. The SMILES string of the molecule is COc1cccc(Sc2nc(Cl)ncc2Cl)c1. The van der Waals surface area contributed by atoms with Gasteiger partial charge in [-0.1, -0.05) is 29.4 Å². The summed E-state index contributed by atoms with van der Waals surface area (Å²) in [4.78, 5) is 8.84. The summed E-state index contributed by atoms with van der Waals surface area (Å²) >= 11 is 13.1. The Morgan fingerprint density at radius 1 is 1.29 bits per heavy atom.